The molecule has 1 amide bonds. The minimum atomic E-state index is -4.50. The molecule has 0 aromatic heterocycles. The molecule has 2 aromatic carbocycles. The third-order valence-corrected chi connectivity index (χ3v) is 2.90. The second kappa shape index (κ2) is 6.13. The van der Waals surface area contributed by atoms with Crippen LogP contribution in [-0.4, -0.2) is 5.91 Å². The summed E-state index contributed by atoms with van der Waals surface area (Å²) in [6, 6.07) is 7.25. The Balaban J connectivity index is 2.12. The van der Waals surface area contributed by atoms with Gasteiger partial charge in [0.2, 0.25) is 0 Å². The lowest BCUT2D eigenvalue weighted by atomic mass is 10.1. The lowest BCUT2D eigenvalue weighted by Gasteiger charge is -2.10. The fraction of sp³-hybridized carbons (Fsp3) is 0.133. The van der Waals surface area contributed by atoms with Crippen molar-refractivity contribution in [2.24, 2.45) is 0 Å². The molecule has 0 heterocycles. The van der Waals surface area contributed by atoms with Gasteiger partial charge in [-0.3, -0.25) is 4.79 Å². The minimum Gasteiger partial charge on any atom is -0.348 e. The maximum Gasteiger partial charge on any atom is 0.416 e. The van der Waals surface area contributed by atoms with Crippen LogP contribution in [0.4, 0.5) is 22.0 Å². The number of halogens is 5. The Bertz CT molecular complexity index is 676. The zero-order valence-electron chi connectivity index (χ0n) is 11.0. The van der Waals surface area contributed by atoms with Crippen molar-refractivity contribution in [1.82, 2.24) is 5.32 Å². The third-order valence-electron chi connectivity index (χ3n) is 2.90. The van der Waals surface area contributed by atoms with Crippen LogP contribution in [0.25, 0.3) is 0 Å². The van der Waals surface area contributed by atoms with Crippen LogP contribution in [0.3, 0.4) is 0 Å². The third kappa shape index (κ3) is 3.60. The zero-order valence-corrected chi connectivity index (χ0v) is 11.0. The van der Waals surface area contributed by atoms with Crippen LogP contribution in [0.5, 0.6) is 0 Å². The lowest BCUT2D eigenvalue weighted by Crippen LogP contribution is -2.25. The van der Waals surface area contributed by atoms with Crippen molar-refractivity contribution in [3.8, 4) is 0 Å². The van der Waals surface area contributed by atoms with Crippen LogP contribution in [0, 0.1) is 11.6 Å². The van der Waals surface area contributed by atoms with Gasteiger partial charge in [-0.15, -0.1) is 0 Å². The number of nitrogens with one attached hydrogen (secondary N) is 1. The van der Waals surface area contributed by atoms with Crippen LogP contribution in [0.15, 0.2) is 42.5 Å². The monoisotopic (exact) mass is 315 g/mol. The molecule has 7 heteroatoms. The SMILES string of the molecule is O=C(NCc1cccc(C(F)(F)F)c1)c1c(F)cccc1F. The van der Waals surface area contributed by atoms with Crippen LogP contribution in [0.2, 0.25) is 0 Å². The number of carbonyl (C=O) groups is 1. The standard InChI is InChI=1S/C15H10F5NO/c16-11-5-2-6-12(17)13(11)14(22)21-8-9-3-1-4-10(7-9)15(18,19)20/h1-7H,8H2,(H,21,22). The molecular formula is C15H10F5NO. The summed E-state index contributed by atoms with van der Waals surface area (Å²) in [6.45, 7) is -0.281. The number of amides is 1. The summed E-state index contributed by atoms with van der Waals surface area (Å²) >= 11 is 0. The van der Waals surface area contributed by atoms with Crippen molar-refractivity contribution in [2.75, 3.05) is 0 Å². The van der Waals surface area contributed by atoms with E-state index >= 15 is 0 Å². The summed E-state index contributed by atoms with van der Waals surface area (Å²) in [4.78, 5) is 11.7. The van der Waals surface area contributed by atoms with E-state index in [1.165, 1.54) is 12.1 Å². The van der Waals surface area contributed by atoms with Gasteiger partial charge in [-0.25, -0.2) is 8.78 Å². The number of rotatable bonds is 3. The van der Waals surface area contributed by atoms with Crippen molar-refractivity contribution >= 4 is 5.91 Å². The highest BCUT2D eigenvalue weighted by molar-refractivity contribution is 5.94. The van der Waals surface area contributed by atoms with Gasteiger partial charge in [0.1, 0.15) is 17.2 Å². The second-order valence-corrected chi connectivity index (χ2v) is 4.48. The normalized spacial score (nSPS) is 11.3. The molecule has 0 saturated heterocycles. The molecule has 0 bridgehead atoms. The second-order valence-electron chi connectivity index (χ2n) is 4.48. The predicted octanol–water partition coefficient (Wildman–Crippen LogP) is 3.91. The van der Waals surface area contributed by atoms with E-state index in [1.54, 1.807) is 0 Å². The van der Waals surface area contributed by atoms with E-state index in [2.05, 4.69) is 5.32 Å². The summed E-state index contributed by atoms with van der Waals surface area (Å²) in [7, 11) is 0. The fourth-order valence-corrected chi connectivity index (χ4v) is 1.84. The number of alkyl halides is 3. The van der Waals surface area contributed by atoms with E-state index in [0.29, 0.717) is 0 Å². The molecule has 2 rings (SSSR count). The van der Waals surface area contributed by atoms with Gasteiger partial charge in [0.25, 0.3) is 5.91 Å². The molecule has 0 aliphatic carbocycles. The first-order chi connectivity index (χ1) is 10.3. The van der Waals surface area contributed by atoms with Crippen LogP contribution >= 0.6 is 0 Å². The molecule has 2 nitrogen and oxygen atoms in total. The fourth-order valence-electron chi connectivity index (χ4n) is 1.84. The van der Waals surface area contributed by atoms with Gasteiger partial charge in [-0.2, -0.15) is 13.2 Å². The highest BCUT2D eigenvalue weighted by atomic mass is 19.4. The van der Waals surface area contributed by atoms with Gasteiger partial charge >= 0.3 is 6.18 Å². The van der Waals surface area contributed by atoms with E-state index in [4.69, 9.17) is 0 Å². The summed E-state index contributed by atoms with van der Waals surface area (Å²) in [5.74, 6) is -3.11. The Morgan fingerprint density at radius 3 is 2.18 bits per heavy atom. The molecule has 2 aromatic rings. The van der Waals surface area contributed by atoms with Crippen LogP contribution < -0.4 is 5.32 Å². The van der Waals surface area contributed by atoms with Crippen molar-refractivity contribution in [3.05, 3.63) is 70.8 Å². The molecule has 0 spiro atoms. The minimum absolute atomic E-state index is 0.167. The Kier molecular flexibility index (Phi) is 4.44. The van der Waals surface area contributed by atoms with Gasteiger partial charge in [-0.1, -0.05) is 18.2 Å². The number of hydrogen-bond donors (Lipinski definition) is 1. The zero-order chi connectivity index (χ0) is 16.3. The first-order valence-electron chi connectivity index (χ1n) is 6.17. The summed E-state index contributed by atoms with van der Waals surface area (Å²) in [5.41, 5.74) is -1.47. The molecule has 0 radical (unpaired) electrons. The Morgan fingerprint density at radius 2 is 1.59 bits per heavy atom. The number of benzene rings is 2. The molecule has 0 aliphatic rings. The largest absolute Gasteiger partial charge is 0.416 e. The summed E-state index contributed by atoms with van der Waals surface area (Å²) < 4.78 is 64.4. The lowest BCUT2D eigenvalue weighted by molar-refractivity contribution is -0.137. The van der Waals surface area contributed by atoms with E-state index in [0.717, 1.165) is 30.3 Å². The summed E-state index contributed by atoms with van der Waals surface area (Å²) in [5, 5.41) is 2.19. The molecule has 116 valence electrons. The summed E-state index contributed by atoms with van der Waals surface area (Å²) in [6.07, 6.45) is -4.50. The van der Waals surface area contributed by atoms with Crippen LogP contribution in [-0.2, 0) is 12.7 Å². The van der Waals surface area contributed by atoms with Crippen molar-refractivity contribution in [1.29, 1.82) is 0 Å². The van der Waals surface area contributed by atoms with E-state index < -0.39 is 34.8 Å². The maximum atomic E-state index is 13.4. The molecule has 0 aliphatic heterocycles. The van der Waals surface area contributed by atoms with Gasteiger partial charge in [-0.05, 0) is 29.8 Å². The van der Waals surface area contributed by atoms with Crippen molar-refractivity contribution < 1.29 is 26.7 Å². The average molecular weight is 315 g/mol. The number of carbonyl (C=O) groups excluding carboxylic acids is 1. The molecule has 1 N–H and O–H groups in total. The topological polar surface area (TPSA) is 29.1 Å². The molecular weight excluding hydrogens is 305 g/mol. The smallest absolute Gasteiger partial charge is 0.348 e. The highest BCUT2D eigenvalue weighted by Gasteiger charge is 2.30. The van der Waals surface area contributed by atoms with E-state index in [1.807, 2.05) is 0 Å². The van der Waals surface area contributed by atoms with Crippen molar-refractivity contribution in [3.63, 3.8) is 0 Å². The molecule has 0 fully saturated rings. The first-order valence-corrected chi connectivity index (χ1v) is 6.17. The van der Waals surface area contributed by atoms with Gasteiger partial charge < -0.3 is 5.32 Å². The predicted molar refractivity (Wildman–Crippen MR) is 69.0 cm³/mol. The number of hydrogen-bond acceptors (Lipinski definition) is 1. The highest BCUT2D eigenvalue weighted by Crippen LogP contribution is 2.29. The average Bonchev–Trinajstić information content (AvgIpc) is 2.44. The Morgan fingerprint density at radius 1 is 1.00 bits per heavy atom. The molecule has 0 atom stereocenters. The Hall–Kier alpha value is -2.44. The molecule has 22 heavy (non-hydrogen) atoms. The molecule has 0 saturated carbocycles. The van der Waals surface area contributed by atoms with Gasteiger partial charge in [0, 0.05) is 6.54 Å². The van der Waals surface area contributed by atoms with Crippen molar-refractivity contribution in [2.45, 2.75) is 12.7 Å². The molecule has 0 unspecified atom stereocenters. The Labute approximate surface area is 122 Å². The first kappa shape index (κ1) is 15.9. The van der Waals surface area contributed by atoms with E-state index in [-0.39, 0.29) is 12.1 Å². The van der Waals surface area contributed by atoms with Gasteiger partial charge in [0.15, 0.2) is 0 Å². The van der Waals surface area contributed by atoms with Crippen LogP contribution in [0.1, 0.15) is 21.5 Å². The van der Waals surface area contributed by atoms with E-state index in [9.17, 15) is 26.7 Å². The quantitative estimate of drug-likeness (QED) is 0.855. The maximum absolute atomic E-state index is 13.4. The van der Waals surface area contributed by atoms with Gasteiger partial charge in [0.05, 0.1) is 5.56 Å².